The van der Waals surface area contributed by atoms with Crippen LogP contribution in [0.5, 0.6) is 0 Å². The van der Waals surface area contributed by atoms with Gasteiger partial charge in [-0.3, -0.25) is 4.79 Å². The number of hydrogen-bond acceptors (Lipinski definition) is 2. The zero-order chi connectivity index (χ0) is 12.0. The average molecular weight is 226 g/mol. The monoisotopic (exact) mass is 226 g/mol. The van der Waals surface area contributed by atoms with Gasteiger partial charge in [-0.05, 0) is 38.1 Å². The number of hydrogen-bond donors (Lipinski definition) is 2. The van der Waals surface area contributed by atoms with Gasteiger partial charge in [-0.2, -0.15) is 0 Å². The summed E-state index contributed by atoms with van der Waals surface area (Å²) in [6.45, 7) is 5.24. The lowest BCUT2D eigenvalue weighted by Gasteiger charge is -2.27. The molecule has 0 aromatic heterocycles. The molecule has 0 heterocycles. The number of carbonyl (C=O) groups is 1. The van der Waals surface area contributed by atoms with E-state index in [9.17, 15) is 4.79 Å². The first-order valence-electron chi connectivity index (χ1n) is 6.58. The molecule has 3 unspecified atom stereocenters. The van der Waals surface area contributed by atoms with Crippen molar-refractivity contribution in [1.82, 2.24) is 10.6 Å². The zero-order valence-electron chi connectivity index (χ0n) is 10.9. The molecular formula is C13H26N2O. The van der Waals surface area contributed by atoms with Crippen molar-refractivity contribution in [2.45, 2.75) is 52.0 Å². The molecule has 94 valence electrons. The van der Waals surface area contributed by atoms with E-state index in [1.165, 1.54) is 32.1 Å². The van der Waals surface area contributed by atoms with E-state index < -0.39 is 0 Å². The zero-order valence-corrected chi connectivity index (χ0v) is 10.9. The quantitative estimate of drug-likeness (QED) is 0.752. The van der Waals surface area contributed by atoms with Crippen LogP contribution in [0, 0.1) is 11.8 Å². The molecule has 3 nitrogen and oxygen atoms in total. The normalized spacial score (nSPS) is 27.4. The van der Waals surface area contributed by atoms with Crippen molar-refractivity contribution in [3.8, 4) is 0 Å². The van der Waals surface area contributed by atoms with E-state index >= 15 is 0 Å². The minimum atomic E-state index is -0.0639. The Kier molecular flexibility index (Phi) is 5.81. The van der Waals surface area contributed by atoms with Gasteiger partial charge < -0.3 is 10.6 Å². The molecule has 1 saturated carbocycles. The molecule has 3 atom stereocenters. The third kappa shape index (κ3) is 4.52. The van der Waals surface area contributed by atoms with Gasteiger partial charge in [-0.15, -0.1) is 0 Å². The third-order valence-corrected chi connectivity index (χ3v) is 3.69. The van der Waals surface area contributed by atoms with Gasteiger partial charge in [0.2, 0.25) is 5.91 Å². The van der Waals surface area contributed by atoms with Crippen LogP contribution in [-0.4, -0.2) is 25.5 Å². The highest BCUT2D eigenvalue weighted by molar-refractivity contribution is 5.80. The molecule has 1 fully saturated rings. The summed E-state index contributed by atoms with van der Waals surface area (Å²) in [7, 11) is 1.68. The lowest BCUT2D eigenvalue weighted by molar-refractivity contribution is -0.122. The van der Waals surface area contributed by atoms with Gasteiger partial charge in [-0.25, -0.2) is 0 Å². The molecule has 3 heteroatoms. The van der Waals surface area contributed by atoms with E-state index in [-0.39, 0.29) is 11.9 Å². The van der Waals surface area contributed by atoms with Gasteiger partial charge in [0, 0.05) is 7.05 Å². The van der Waals surface area contributed by atoms with E-state index in [1.54, 1.807) is 7.05 Å². The number of amides is 1. The van der Waals surface area contributed by atoms with E-state index in [0.29, 0.717) is 0 Å². The van der Waals surface area contributed by atoms with Gasteiger partial charge in [0.15, 0.2) is 0 Å². The predicted molar refractivity (Wildman–Crippen MR) is 67.3 cm³/mol. The minimum Gasteiger partial charge on any atom is -0.358 e. The van der Waals surface area contributed by atoms with Gasteiger partial charge in [-0.1, -0.05) is 26.2 Å². The summed E-state index contributed by atoms with van der Waals surface area (Å²) in [5.41, 5.74) is 0. The first kappa shape index (κ1) is 13.5. The summed E-state index contributed by atoms with van der Waals surface area (Å²) in [4.78, 5) is 11.3. The molecule has 0 bridgehead atoms. The highest BCUT2D eigenvalue weighted by Gasteiger charge is 2.19. The first-order valence-corrected chi connectivity index (χ1v) is 6.58. The molecule has 0 radical (unpaired) electrons. The highest BCUT2D eigenvalue weighted by Crippen LogP contribution is 2.30. The van der Waals surface area contributed by atoms with Crippen molar-refractivity contribution in [2.75, 3.05) is 13.6 Å². The second kappa shape index (κ2) is 6.89. The van der Waals surface area contributed by atoms with E-state index in [1.807, 2.05) is 6.92 Å². The molecule has 1 rings (SSSR count). The first-order chi connectivity index (χ1) is 7.63. The van der Waals surface area contributed by atoms with Crippen LogP contribution < -0.4 is 10.6 Å². The van der Waals surface area contributed by atoms with Crippen LogP contribution in [0.3, 0.4) is 0 Å². The van der Waals surface area contributed by atoms with Crippen LogP contribution in [0.2, 0.25) is 0 Å². The Hall–Kier alpha value is -0.570. The molecule has 0 saturated heterocycles. The van der Waals surface area contributed by atoms with E-state index in [4.69, 9.17) is 0 Å². The van der Waals surface area contributed by atoms with Crippen molar-refractivity contribution in [3.05, 3.63) is 0 Å². The topological polar surface area (TPSA) is 41.1 Å². The summed E-state index contributed by atoms with van der Waals surface area (Å²) < 4.78 is 0. The molecule has 16 heavy (non-hydrogen) atoms. The second-order valence-corrected chi connectivity index (χ2v) is 5.22. The fourth-order valence-corrected chi connectivity index (χ4v) is 2.64. The van der Waals surface area contributed by atoms with Gasteiger partial charge in [0.25, 0.3) is 0 Å². The molecule has 0 spiro atoms. The maximum atomic E-state index is 11.3. The number of likely N-dealkylation sites (N-methyl/N-ethyl adjacent to an activating group) is 1. The number of rotatable bonds is 5. The Labute approximate surface area is 99.4 Å². The minimum absolute atomic E-state index is 0.0639. The highest BCUT2D eigenvalue weighted by atomic mass is 16.2. The number of carbonyl (C=O) groups excluding carboxylic acids is 1. The summed E-state index contributed by atoms with van der Waals surface area (Å²) in [6.07, 6.45) is 6.75. The molecule has 0 aliphatic heterocycles. The van der Waals surface area contributed by atoms with Crippen molar-refractivity contribution < 1.29 is 4.79 Å². The Morgan fingerprint density at radius 3 is 2.81 bits per heavy atom. The van der Waals surface area contributed by atoms with Gasteiger partial charge in [0.05, 0.1) is 6.04 Å². The van der Waals surface area contributed by atoms with Crippen molar-refractivity contribution in [1.29, 1.82) is 0 Å². The fraction of sp³-hybridized carbons (Fsp3) is 0.923. The van der Waals surface area contributed by atoms with Crippen molar-refractivity contribution in [2.24, 2.45) is 11.8 Å². The van der Waals surface area contributed by atoms with Crippen LogP contribution in [0.1, 0.15) is 46.0 Å². The Balaban J connectivity index is 2.12. The standard InChI is InChI=1S/C13H26N2O/c1-10-5-4-6-12(9-10)7-8-15-11(2)13(16)14-3/h10-12,15H,4-9H2,1-3H3,(H,14,16). The Morgan fingerprint density at radius 1 is 1.44 bits per heavy atom. The average Bonchev–Trinajstić information content (AvgIpc) is 2.28. The predicted octanol–water partition coefficient (Wildman–Crippen LogP) is 1.93. The van der Waals surface area contributed by atoms with Crippen LogP contribution in [0.4, 0.5) is 0 Å². The lowest BCUT2D eigenvalue weighted by Crippen LogP contribution is -2.41. The van der Waals surface area contributed by atoms with Gasteiger partial charge >= 0.3 is 0 Å². The maximum absolute atomic E-state index is 11.3. The lowest BCUT2D eigenvalue weighted by atomic mass is 9.81. The fourth-order valence-electron chi connectivity index (χ4n) is 2.64. The van der Waals surface area contributed by atoms with Gasteiger partial charge in [0.1, 0.15) is 0 Å². The largest absolute Gasteiger partial charge is 0.358 e. The van der Waals surface area contributed by atoms with Crippen LogP contribution in [-0.2, 0) is 4.79 Å². The molecule has 1 aliphatic rings. The Morgan fingerprint density at radius 2 is 2.19 bits per heavy atom. The molecular weight excluding hydrogens is 200 g/mol. The third-order valence-electron chi connectivity index (χ3n) is 3.69. The van der Waals surface area contributed by atoms with E-state index in [2.05, 4.69) is 17.6 Å². The summed E-state index contributed by atoms with van der Waals surface area (Å²) in [5.74, 6) is 1.85. The SMILES string of the molecule is CNC(=O)C(C)NCCC1CCCC(C)C1. The van der Waals surface area contributed by atoms with Crippen molar-refractivity contribution >= 4 is 5.91 Å². The molecule has 0 aromatic carbocycles. The second-order valence-electron chi connectivity index (χ2n) is 5.22. The maximum Gasteiger partial charge on any atom is 0.236 e. The molecule has 1 aliphatic carbocycles. The van der Waals surface area contributed by atoms with Crippen LogP contribution in [0.15, 0.2) is 0 Å². The smallest absolute Gasteiger partial charge is 0.236 e. The van der Waals surface area contributed by atoms with Crippen LogP contribution >= 0.6 is 0 Å². The summed E-state index contributed by atoms with van der Waals surface area (Å²) >= 11 is 0. The molecule has 0 aromatic rings. The number of nitrogens with one attached hydrogen (secondary N) is 2. The van der Waals surface area contributed by atoms with Crippen molar-refractivity contribution in [3.63, 3.8) is 0 Å². The summed E-state index contributed by atoms with van der Waals surface area (Å²) in [6, 6.07) is -0.0639. The van der Waals surface area contributed by atoms with E-state index in [0.717, 1.165) is 18.4 Å². The Bertz CT molecular complexity index is 218. The van der Waals surface area contributed by atoms with Crippen LogP contribution in [0.25, 0.3) is 0 Å². The summed E-state index contributed by atoms with van der Waals surface area (Å²) in [5, 5.41) is 5.94. The molecule has 1 amide bonds. The molecule has 2 N–H and O–H groups in total.